The molecule has 2 aliphatic rings. The van der Waals surface area contributed by atoms with Crippen LogP contribution in [-0.2, 0) is 9.53 Å². The molecule has 1 heterocycles. The molecule has 9 heavy (non-hydrogen) atoms. The highest BCUT2D eigenvalue weighted by Crippen LogP contribution is 2.25. The molecule has 0 saturated carbocycles. The zero-order chi connectivity index (χ0) is 6.27. The highest BCUT2D eigenvalue weighted by molar-refractivity contribution is 5.87. The Balaban J connectivity index is 2.36. The van der Waals surface area contributed by atoms with Gasteiger partial charge in [-0.3, -0.25) is 0 Å². The number of carbonyl (C=O) groups excluding carboxylic acids is 1. The van der Waals surface area contributed by atoms with Crippen LogP contribution in [0.15, 0.2) is 23.8 Å². The normalized spacial score (nSPS) is 30.0. The number of esters is 1. The Kier molecular flexibility index (Phi) is 0.781. The van der Waals surface area contributed by atoms with Crippen LogP contribution in [0.2, 0.25) is 0 Å². The zero-order valence-corrected chi connectivity index (χ0v) is 4.83. The minimum Gasteiger partial charge on any atom is -0.454 e. The monoisotopic (exact) mass is 122 g/mol. The summed E-state index contributed by atoms with van der Waals surface area (Å²) in [7, 11) is 0. The molecule has 0 saturated heterocycles. The SMILES string of the molecule is O=C1C=C2C=CCC2O1. The molecule has 0 bridgehead atoms. The molecule has 0 aromatic rings. The van der Waals surface area contributed by atoms with E-state index in [0.717, 1.165) is 12.0 Å². The second-order valence-electron chi connectivity index (χ2n) is 2.21. The topological polar surface area (TPSA) is 26.3 Å². The molecule has 0 amide bonds. The Hall–Kier alpha value is -1.05. The van der Waals surface area contributed by atoms with E-state index in [4.69, 9.17) is 4.74 Å². The fourth-order valence-electron chi connectivity index (χ4n) is 1.14. The maximum Gasteiger partial charge on any atom is 0.331 e. The number of fused-ring (bicyclic) bond motifs is 1. The van der Waals surface area contributed by atoms with E-state index in [1.165, 1.54) is 0 Å². The summed E-state index contributed by atoms with van der Waals surface area (Å²) in [5, 5.41) is 0. The highest BCUT2D eigenvalue weighted by atomic mass is 16.5. The quantitative estimate of drug-likeness (QED) is 0.444. The Bertz CT molecular complexity index is 213. The van der Waals surface area contributed by atoms with Gasteiger partial charge in [0.15, 0.2) is 0 Å². The lowest BCUT2D eigenvalue weighted by Crippen LogP contribution is -2.05. The van der Waals surface area contributed by atoms with Gasteiger partial charge in [0.25, 0.3) is 0 Å². The van der Waals surface area contributed by atoms with Gasteiger partial charge in [-0.05, 0) is 5.57 Å². The largest absolute Gasteiger partial charge is 0.454 e. The van der Waals surface area contributed by atoms with Gasteiger partial charge in [0.2, 0.25) is 0 Å². The van der Waals surface area contributed by atoms with Gasteiger partial charge in [0.1, 0.15) is 6.10 Å². The van der Waals surface area contributed by atoms with Crippen molar-refractivity contribution < 1.29 is 9.53 Å². The predicted octanol–water partition coefficient (Wildman–Crippen LogP) is 0.798. The summed E-state index contributed by atoms with van der Waals surface area (Å²) >= 11 is 0. The van der Waals surface area contributed by atoms with Crippen molar-refractivity contribution in [2.24, 2.45) is 0 Å². The Labute approximate surface area is 52.8 Å². The lowest BCUT2D eigenvalue weighted by atomic mass is 10.2. The maximum atomic E-state index is 10.5. The van der Waals surface area contributed by atoms with Gasteiger partial charge >= 0.3 is 5.97 Å². The molecule has 0 aromatic heterocycles. The molecule has 1 aliphatic heterocycles. The van der Waals surface area contributed by atoms with Crippen molar-refractivity contribution in [2.45, 2.75) is 12.5 Å². The molecule has 1 aliphatic carbocycles. The van der Waals surface area contributed by atoms with Crippen LogP contribution in [0.25, 0.3) is 0 Å². The summed E-state index contributed by atoms with van der Waals surface area (Å²) in [6.07, 6.45) is 6.42. The molecule has 0 aromatic carbocycles. The minimum atomic E-state index is -0.195. The molecule has 46 valence electrons. The van der Waals surface area contributed by atoms with Crippen LogP contribution in [0, 0.1) is 0 Å². The molecule has 1 atom stereocenters. The first-order chi connectivity index (χ1) is 4.36. The van der Waals surface area contributed by atoms with Gasteiger partial charge in [-0.15, -0.1) is 0 Å². The lowest BCUT2D eigenvalue weighted by molar-refractivity contribution is -0.138. The van der Waals surface area contributed by atoms with E-state index in [1.807, 2.05) is 12.2 Å². The minimum absolute atomic E-state index is 0.0532. The summed E-state index contributed by atoms with van der Waals surface area (Å²) in [6.45, 7) is 0. The summed E-state index contributed by atoms with van der Waals surface area (Å²) in [5.74, 6) is -0.195. The van der Waals surface area contributed by atoms with Crippen molar-refractivity contribution in [3.8, 4) is 0 Å². The van der Waals surface area contributed by atoms with Gasteiger partial charge in [-0.1, -0.05) is 12.2 Å². The first-order valence-electron chi connectivity index (χ1n) is 2.95. The Morgan fingerprint density at radius 1 is 1.67 bits per heavy atom. The van der Waals surface area contributed by atoms with Crippen molar-refractivity contribution >= 4 is 5.97 Å². The second kappa shape index (κ2) is 1.47. The van der Waals surface area contributed by atoms with E-state index in [1.54, 1.807) is 6.08 Å². The lowest BCUT2D eigenvalue weighted by Gasteiger charge is -2.01. The fourth-order valence-corrected chi connectivity index (χ4v) is 1.14. The Morgan fingerprint density at radius 3 is 3.33 bits per heavy atom. The van der Waals surface area contributed by atoms with Gasteiger partial charge in [0.05, 0.1) is 0 Å². The van der Waals surface area contributed by atoms with E-state index in [9.17, 15) is 4.79 Å². The third-order valence-corrected chi connectivity index (χ3v) is 1.58. The van der Waals surface area contributed by atoms with Gasteiger partial charge in [0, 0.05) is 12.5 Å². The van der Waals surface area contributed by atoms with Crippen LogP contribution in [0.5, 0.6) is 0 Å². The third-order valence-electron chi connectivity index (χ3n) is 1.58. The van der Waals surface area contributed by atoms with E-state index in [0.29, 0.717) is 0 Å². The fraction of sp³-hybridized carbons (Fsp3) is 0.286. The number of hydrogen-bond acceptors (Lipinski definition) is 2. The van der Waals surface area contributed by atoms with E-state index < -0.39 is 0 Å². The van der Waals surface area contributed by atoms with E-state index >= 15 is 0 Å². The first-order valence-corrected chi connectivity index (χ1v) is 2.95. The molecule has 0 fully saturated rings. The van der Waals surface area contributed by atoms with Gasteiger partial charge in [-0.2, -0.15) is 0 Å². The van der Waals surface area contributed by atoms with E-state index in [-0.39, 0.29) is 12.1 Å². The van der Waals surface area contributed by atoms with Crippen LogP contribution in [0.3, 0.4) is 0 Å². The van der Waals surface area contributed by atoms with E-state index in [2.05, 4.69) is 0 Å². The molecule has 0 spiro atoms. The number of ether oxygens (including phenoxy) is 1. The van der Waals surface area contributed by atoms with Crippen molar-refractivity contribution in [3.05, 3.63) is 23.8 Å². The third kappa shape index (κ3) is 0.593. The van der Waals surface area contributed by atoms with Crippen molar-refractivity contribution in [1.82, 2.24) is 0 Å². The predicted molar refractivity (Wildman–Crippen MR) is 31.7 cm³/mol. The average Bonchev–Trinajstić information content (AvgIpc) is 2.22. The van der Waals surface area contributed by atoms with Crippen molar-refractivity contribution in [3.63, 3.8) is 0 Å². The van der Waals surface area contributed by atoms with Crippen molar-refractivity contribution in [2.75, 3.05) is 0 Å². The molecular weight excluding hydrogens is 116 g/mol. The molecule has 1 unspecified atom stereocenters. The molecule has 0 radical (unpaired) electrons. The smallest absolute Gasteiger partial charge is 0.331 e. The standard InChI is InChI=1S/C7H6O2/c8-7-4-5-2-1-3-6(5)9-7/h1-2,4,6H,3H2. The summed E-state index contributed by atoms with van der Waals surface area (Å²) in [4.78, 5) is 10.5. The van der Waals surface area contributed by atoms with Crippen LogP contribution in [0.1, 0.15) is 6.42 Å². The maximum absolute atomic E-state index is 10.5. The van der Waals surface area contributed by atoms with Crippen LogP contribution in [-0.4, -0.2) is 12.1 Å². The second-order valence-corrected chi connectivity index (χ2v) is 2.21. The Morgan fingerprint density at radius 2 is 2.56 bits per heavy atom. The number of rotatable bonds is 0. The number of carbonyl (C=O) groups is 1. The van der Waals surface area contributed by atoms with Gasteiger partial charge < -0.3 is 4.74 Å². The zero-order valence-electron chi connectivity index (χ0n) is 4.83. The molecular formula is C7H6O2. The molecule has 0 N–H and O–H groups in total. The van der Waals surface area contributed by atoms with Gasteiger partial charge in [-0.25, -0.2) is 4.79 Å². The van der Waals surface area contributed by atoms with Crippen LogP contribution < -0.4 is 0 Å². The van der Waals surface area contributed by atoms with Crippen molar-refractivity contribution in [1.29, 1.82) is 0 Å². The van der Waals surface area contributed by atoms with Crippen LogP contribution in [0.4, 0.5) is 0 Å². The first kappa shape index (κ1) is 4.79. The molecule has 2 heteroatoms. The molecule has 2 nitrogen and oxygen atoms in total. The molecule has 2 rings (SSSR count). The summed E-state index contributed by atoms with van der Waals surface area (Å²) < 4.78 is 4.89. The highest BCUT2D eigenvalue weighted by Gasteiger charge is 2.26. The number of hydrogen-bond donors (Lipinski definition) is 0. The average molecular weight is 122 g/mol. The summed E-state index contributed by atoms with van der Waals surface area (Å²) in [5.41, 5.74) is 1.03. The summed E-state index contributed by atoms with van der Waals surface area (Å²) in [6, 6.07) is 0. The van der Waals surface area contributed by atoms with Crippen LogP contribution >= 0.6 is 0 Å².